The quantitative estimate of drug-likeness (QED) is 0.899. The highest BCUT2D eigenvalue weighted by Gasteiger charge is 2.04. The number of rotatable bonds is 5. The summed E-state index contributed by atoms with van der Waals surface area (Å²) in [5.74, 6) is 0.419. The van der Waals surface area contributed by atoms with Crippen molar-refractivity contribution in [2.75, 3.05) is 19.0 Å². The molecular formula is C10H10BrClN4OS. The molecule has 0 amide bonds. The second-order valence-electron chi connectivity index (χ2n) is 3.30. The predicted molar refractivity (Wildman–Crippen MR) is 75.6 cm³/mol. The minimum absolute atomic E-state index is 0.114. The fourth-order valence-corrected chi connectivity index (χ4v) is 2.92. The van der Waals surface area contributed by atoms with Gasteiger partial charge in [0.1, 0.15) is 0 Å². The molecule has 0 saturated heterocycles. The van der Waals surface area contributed by atoms with Crippen molar-refractivity contribution in [2.45, 2.75) is 6.42 Å². The first-order valence-electron chi connectivity index (χ1n) is 5.11. The lowest BCUT2D eigenvalue weighted by Gasteiger charge is -2.05. The number of aromatic nitrogens is 3. The van der Waals surface area contributed by atoms with Gasteiger partial charge in [0, 0.05) is 11.4 Å². The molecule has 2 rings (SSSR count). The third kappa shape index (κ3) is 3.79. The van der Waals surface area contributed by atoms with E-state index in [0.29, 0.717) is 5.95 Å². The van der Waals surface area contributed by atoms with Crippen molar-refractivity contribution in [3.8, 4) is 6.01 Å². The molecule has 0 aromatic carbocycles. The van der Waals surface area contributed by atoms with Gasteiger partial charge in [-0.2, -0.15) is 15.0 Å². The van der Waals surface area contributed by atoms with E-state index in [1.807, 2.05) is 6.07 Å². The molecule has 18 heavy (non-hydrogen) atoms. The van der Waals surface area contributed by atoms with Crippen molar-refractivity contribution >= 4 is 44.8 Å². The third-order valence-corrected chi connectivity index (χ3v) is 3.91. The summed E-state index contributed by atoms with van der Waals surface area (Å²) in [6, 6.07) is 4.32. The predicted octanol–water partition coefficient (Wildman–Crippen LogP) is 3.01. The van der Waals surface area contributed by atoms with Crippen LogP contribution in [0.3, 0.4) is 0 Å². The summed E-state index contributed by atoms with van der Waals surface area (Å²) in [5.41, 5.74) is 0. The topological polar surface area (TPSA) is 59.9 Å². The van der Waals surface area contributed by atoms with Gasteiger partial charge >= 0.3 is 6.01 Å². The molecule has 2 aromatic rings. The maximum atomic E-state index is 5.74. The van der Waals surface area contributed by atoms with Crippen LogP contribution in [-0.4, -0.2) is 28.6 Å². The largest absolute Gasteiger partial charge is 0.467 e. The highest BCUT2D eigenvalue weighted by molar-refractivity contribution is 9.11. The molecule has 0 fully saturated rings. The first-order chi connectivity index (χ1) is 8.67. The molecule has 0 bridgehead atoms. The van der Waals surface area contributed by atoms with Crippen LogP contribution >= 0.6 is 38.9 Å². The van der Waals surface area contributed by atoms with Crippen molar-refractivity contribution in [1.29, 1.82) is 0 Å². The number of halogens is 2. The number of ether oxygens (including phenoxy) is 1. The molecule has 2 heterocycles. The molecule has 0 aliphatic carbocycles. The van der Waals surface area contributed by atoms with Crippen LogP contribution in [-0.2, 0) is 6.42 Å². The second-order valence-corrected chi connectivity index (χ2v) is 6.18. The van der Waals surface area contributed by atoms with Crippen molar-refractivity contribution in [2.24, 2.45) is 0 Å². The Labute approximate surface area is 122 Å². The Morgan fingerprint density at radius 3 is 2.89 bits per heavy atom. The number of thiophene rings is 1. The van der Waals surface area contributed by atoms with Crippen LogP contribution < -0.4 is 10.1 Å². The van der Waals surface area contributed by atoms with Crippen LogP contribution in [0.15, 0.2) is 15.9 Å². The number of nitrogens with zero attached hydrogens (tertiary/aromatic N) is 3. The molecule has 96 valence electrons. The summed E-state index contributed by atoms with van der Waals surface area (Å²) in [4.78, 5) is 13.1. The lowest BCUT2D eigenvalue weighted by atomic mass is 10.3. The summed E-state index contributed by atoms with van der Waals surface area (Å²) >= 11 is 10.9. The van der Waals surface area contributed by atoms with E-state index in [-0.39, 0.29) is 11.3 Å². The van der Waals surface area contributed by atoms with Crippen LogP contribution in [0.1, 0.15) is 4.88 Å². The van der Waals surface area contributed by atoms with Crippen LogP contribution in [0.4, 0.5) is 5.95 Å². The first kappa shape index (κ1) is 13.5. The van der Waals surface area contributed by atoms with Gasteiger partial charge in [-0.25, -0.2) is 0 Å². The first-order valence-corrected chi connectivity index (χ1v) is 7.10. The van der Waals surface area contributed by atoms with Gasteiger partial charge in [-0.3, -0.25) is 0 Å². The van der Waals surface area contributed by atoms with E-state index < -0.39 is 0 Å². The van der Waals surface area contributed by atoms with Gasteiger partial charge in [-0.1, -0.05) is 0 Å². The fourth-order valence-electron chi connectivity index (χ4n) is 1.29. The Bertz CT molecular complexity index is 536. The average Bonchev–Trinajstić information content (AvgIpc) is 2.74. The van der Waals surface area contributed by atoms with E-state index in [9.17, 15) is 0 Å². The number of hydrogen-bond acceptors (Lipinski definition) is 6. The van der Waals surface area contributed by atoms with Gasteiger partial charge in [-0.15, -0.1) is 11.3 Å². The summed E-state index contributed by atoms with van der Waals surface area (Å²) < 4.78 is 6.04. The highest BCUT2D eigenvalue weighted by atomic mass is 79.9. The second kappa shape index (κ2) is 6.31. The Morgan fingerprint density at radius 1 is 1.39 bits per heavy atom. The van der Waals surface area contributed by atoms with Crippen molar-refractivity contribution < 1.29 is 4.74 Å². The molecule has 0 saturated carbocycles. The smallest absolute Gasteiger partial charge is 0.322 e. The fraction of sp³-hybridized carbons (Fsp3) is 0.300. The Kier molecular flexibility index (Phi) is 4.73. The van der Waals surface area contributed by atoms with Crippen LogP contribution in [0.25, 0.3) is 0 Å². The van der Waals surface area contributed by atoms with Gasteiger partial charge in [0.25, 0.3) is 0 Å². The zero-order chi connectivity index (χ0) is 13.0. The minimum atomic E-state index is 0.114. The standard InChI is InChI=1S/C10H10BrClN4OS/c1-17-10-15-8(12)14-9(16-10)13-5-4-6-2-3-7(11)18-6/h2-3H,4-5H2,1H3,(H,13,14,15,16). The van der Waals surface area contributed by atoms with Crippen LogP contribution in [0.5, 0.6) is 6.01 Å². The van der Waals surface area contributed by atoms with Crippen LogP contribution in [0.2, 0.25) is 5.28 Å². The molecule has 0 atom stereocenters. The van der Waals surface area contributed by atoms with E-state index in [2.05, 4.69) is 42.3 Å². The van der Waals surface area contributed by atoms with Gasteiger partial charge in [0.2, 0.25) is 11.2 Å². The molecule has 2 aromatic heterocycles. The lowest BCUT2D eigenvalue weighted by Crippen LogP contribution is -2.08. The van der Waals surface area contributed by atoms with Crippen molar-refractivity contribution in [3.05, 3.63) is 26.1 Å². The van der Waals surface area contributed by atoms with Gasteiger partial charge in [0.05, 0.1) is 10.9 Å². The number of nitrogens with one attached hydrogen (secondary N) is 1. The van der Waals surface area contributed by atoms with E-state index in [0.717, 1.165) is 16.8 Å². The van der Waals surface area contributed by atoms with Gasteiger partial charge in [0.15, 0.2) is 0 Å². The minimum Gasteiger partial charge on any atom is -0.467 e. The Hall–Kier alpha value is -0.920. The molecule has 0 aliphatic rings. The molecule has 8 heteroatoms. The summed E-state index contributed by atoms with van der Waals surface area (Å²) in [5, 5.41) is 3.20. The lowest BCUT2D eigenvalue weighted by molar-refractivity contribution is 0.379. The van der Waals surface area contributed by atoms with E-state index in [4.69, 9.17) is 16.3 Å². The molecule has 5 nitrogen and oxygen atoms in total. The molecular weight excluding hydrogens is 340 g/mol. The maximum Gasteiger partial charge on any atom is 0.322 e. The molecule has 0 radical (unpaired) electrons. The zero-order valence-electron chi connectivity index (χ0n) is 9.48. The zero-order valence-corrected chi connectivity index (χ0v) is 12.6. The molecule has 0 spiro atoms. The number of hydrogen-bond donors (Lipinski definition) is 1. The monoisotopic (exact) mass is 348 g/mol. The summed E-state index contributed by atoms with van der Waals surface area (Å²) in [7, 11) is 1.48. The molecule has 0 aliphatic heterocycles. The Balaban J connectivity index is 1.91. The normalized spacial score (nSPS) is 10.4. The summed E-state index contributed by atoms with van der Waals surface area (Å²) in [6.07, 6.45) is 0.891. The van der Waals surface area contributed by atoms with Crippen LogP contribution in [0, 0.1) is 0 Å². The maximum absolute atomic E-state index is 5.74. The van der Waals surface area contributed by atoms with E-state index in [1.54, 1.807) is 11.3 Å². The molecule has 1 N–H and O–H groups in total. The molecule has 0 unspecified atom stereocenters. The van der Waals surface area contributed by atoms with E-state index in [1.165, 1.54) is 12.0 Å². The number of anilines is 1. The van der Waals surface area contributed by atoms with E-state index >= 15 is 0 Å². The Morgan fingerprint density at radius 2 is 2.22 bits per heavy atom. The average molecular weight is 350 g/mol. The van der Waals surface area contributed by atoms with Crippen molar-refractivity contribution in [1.82, 2.24) is 15.0 Å². The summed E-state index contributed by atoms with van der Waals surface area (Å²) in [6.45, 7) is 0.719. The van der Waals surface area contributed by atoms with Crippen molar-refractivity contribution in [3.63, 3.8) is 0 Å². The van der Waals surface area contributed by atoms with Gasteiger partial charge in [-0.05, 0) is 46.1 Å². The van der Waals surface area contributed by atoms with Gasteiger partial charge < -0.3 is 10.1 Å². The SMILES string of the molecule is COc1nc(Cl)nc(NCCc2ccc(Br)s2)n1. The highest BCUT2D eigenvalue weighted by Crippen LogP contribution is 2.22. The third-order valence-electron chi connectivity index (χ3n) is 2.05. The number of methoxy groups -OCH3 is 1.